The first-order valence-corrected chi connectivity index (χ1v) is 13.4. The lowest BCUT2D eigenvalue weighted by Crippen LogP contribution is -2.26. The number of nitrogens with zero attached hydrogens (tertiary/aromatic N) is 4. The highest BCUT2D eigenvalue weighted by molar-refractivity contribution is 7.99. The molecule has 0 amide bonds. The minimum absolute atomic E-state index is 0.115. The topological polar surface area (TPSA) is 141 Å². The first kappa shape index (κ1) is 24.9. The Bertz CT molecular complexity index is 1130. The minimum Gasteiger partial charge on any atom is -0.394 e. The molecule has 0 aliphatic rings. The number of aliphatic hydroxyl groups excluding tert-OH is 1. The molecule has 0 bridgehead atoms. The van der Waals surface area contributed by atoms with Gasteiger partial charge in [0.15, 0.2) is 16.6 Å². The van der Waals surface area contributed by atoms with Gasteiger partial charge in [0.1, 0.15) is 21.7 Å². The number of fused-ring (bicyclic) bond motifs is 1. The summed E-state index contributed by atoms with van der Waals surface area (Å²) in [5, 5.41) is 13.2. The average Bonchev–Trinajstić information content (AvgIpc) is 3.08. The molecule has 9 nitrogen and oxygen atoms in total. The van der Waals surface area contributed by atoms with Gasteiger partial charge >= 0.3 is 7.60 Å². The van der Waals surface area contributed by atoms with E-state index in [4.69, 9.17) is 0 Å². The Balaban J connectivity index is 1.99. The molecular formula is C19H25FN5O4PS2. The van der Waals surface area contributed by atoms with Crippen molar-refractivity contribution in [2.75, 3.05) is 11.9 Å². The molecule has 2 unspecified atom stereocenters. The average molecular weight is 502 g/mol. The lowest BCUT2D eigenvalue weighted by Gasteiger charge is -2.19. The zero-order chi connectivity index (χ0) is 23.5. The van der Waals surface area contributed by atoms with Crippen LogP contribution in [-0.4, -0.2) is 47.5 Å². The van der Waals surface area contributed by atoms with Gasteiger partial charge in [-0.2, -0.15) is 0 Å². The molecule has 32 heavy (non-hydrogen) atoms. The highest BCUT2D eigenvalue weighted by atomic mass is 32.2. The van der Waals surface area contributed by atoms with Crippen LogP contribution in [0.4, 0.5) is 10.2 Å². The standard InChI is InChI=1S/C19H25FN5O4PS2/c1-10(2)7-12(8-26)22-17-16-18(23-14(32-16)9-30(27,28)29)25-19(24-17)31-11(3)15-13(20)5-4-6-21-15/h4-6,10-12,26H,7-9H2,1-3H3,(H,22,24,25)(H2,27,28,29). The van der Waals surface area contributed by atoms with Crippen LogP contribution in [-0.2, 0) is 10.7 Å². The van der Waals surface area contributed by atoms with Crippen LogP contribution in [0, 0.1) is 11.7 Å². The predicted molar refractivity (Wildman–Crippen MR) is 123 cm³/mol. The van der Waals surface area contributed by atoms with Crippen LogP contribution in [0.2, 0.25) is 0 Å². The molecule has 2 atom stereocenters. The van der Waals surface area contributed by atoms with Crippen molar-refractivity contribution in [3.05, 3.63) is 34.8 Å². The largest absolute Gasteiger partial charge is 0.394 e. The lowest BCUT2D eigenvalue weighted by atomic mass is 10.0. The number of halogens is 1. The lowest BCUT2D eigenvalue weighted by molar-refractivity contribution is 0.259. The van der Waals surface area contributed by atoms with Crippen LogP contribution in [0.3, 0.4) is 0 Å². The van der Waals surface area contributed by atoms with Crippen molar-refractivity contribution < 1.29 is 23.8 Å². The third-order valence-electron chi connectivity index (χ3n) is 4.39. The summed E-state index contributed by atoms with van der Waals surface area (Å²) in [6.07, 6.45) is 1.70. The van der Waals surface area contributed by atoms with Gasteiger partial charge in [0.2, 0.25) is 0 Å². The van der Waals surface area contributed by atoms with E-state index in [1.807, 2.05) is 13.8 Å². The molecule has 3 heterocycles. The highest BCUT2D eigenvalue weighted by Crippen LogP contribution is 2.42. The second-order valence-corrected chi connectivity index (χ2v) is 11.8. The molecule has 0 saturated heterocycles. The maximum atomic E-state index is 14.1. The van der Waals surface area contributed by atoms with Crippen molar-refractivity contribution in [2.45, 2.75) is 49.8 Å². The van der Waals surface area contributed by atoms with E-state index in [9.17, 15) is 23.8 Å². The third kappa shape index (κ3) is 6.66. The van der Waals surface area contributed by atoms with Gasteiger partial charge in [0.05, 0.1) is 23.6 Å². The monoisotopic (exact) mass is 501 g/mol. The number of anilines is 1. The smallest absolute Gasteiger partial charge is 0.332 e. The number of pyridine rings is 1. The molecule has 0 radical (unpaired) electrons. The van der Waals surface area contributed by atoms with Crippen molar-refractivity contribution >= 4 is 46.9 Å². The van der Waals surface area contributed by atoms with Gasteiger partial charge in [-0.15, -0.1) is 11.3 Å². The summed E-state index contributed by atoms with van der Waals surface area (Å²) < 4.78 is 26.1. The second-order valence-electron chi connectivity index (χ2n) is 7.72. The summed E-state index contributed by atoms with van der Waals surface area (Å²) in [6, 6.07) is 2.58. The number of hydrogen-bond donors (Lipinski definition) is 4. The first-order chi connectivity index (χ1) is 15.1. The number of aliphatic hydroxyl groups is 1. The number of aromatic nitrogens is 4. The van der Waals surface area contributed by atoms with E-state index < -0.39 is 19.6 Å². The van der Waals surface area contributed by atoms with E-state index in [0.29, 0.717) is 28.0 Å². The predicted octanol–water partition coefficient (Wildman–Crippen LogP) is 3.97. The molecule has 174 valence electrons. The van der Waals surface area contributed by atoms with Crippen molar-refractivity contribution in [2.24, 2.45) is 5.92 Å². The van der Waals surface area contributed by atoms with Gasteiger partial charge in [0, 0.05) is 6.20 Å². The van der Waals surface area contributed by atoms with Crippen molar-refractivity contribution in [1.82, 2.24) is 19.9 Å². The number of nitrogens with one attached hydrogen (secondary N) is 1. The summed E-state index contributed by atoms with van der Waals surface area (Å²) in [5.41, 5.74) is 0.553. The van der Waals surface area contributed by atoms with E-state index in [2.05, 4.69) is 25.3 Å². The number of hydrogen-bond acceptors (Lipinski definition) is 9. The molecule has 0 aliphatic carbocycles. The fourth-order valence-corrected chi connectivity index (χ4v) is 5.92. The zero-order valence-electron chi connectivity index (χ0n) is 17.8. The van der Waals surface area contributed by atoms with Gasteiger partial charge in [-0.25, -0.2) is 19.3 Å². The summed E-state index contributed by atoms with van der Waals surface area (Å²) in [7, 11) is -4.31. The maximum Gasteiger partial charge on any atom is 0.332 e. The van der Waals surface area contributed by atoms with E-state index in [1.54, 1.807) is 6.92 Å². The van der Waals surface area contributed by atoms with Crippen LogP contribution < -0.4 is 5.32 Å². The van der Waals surface area contributed by atoms with Gasteiger partial charge in [-0.3, -0.25) is 9.55 Å². The molecule has 13 heteroatoms. The van der Waals surface area contributed by atoms with E-state index in [-0.39, 0.29) is 34.2 Å². The maximum absolute atomic E-state index is 14.1. The Morgan fingerprint density at radius 2 is 2.00 bits per heavy atom. The van der Waals surface area contributed by atoms with Crippen LogP contribution in [0.5, 0.6) is 0 Å². The zero-order valence-corrected chi connectivity index (χ0v) is 20.3. The number of thioether (sulfide) groups is 1. The molecule has 4 N–H and O–H groups in total. The summed E-state index contributed by atoms with van der Waals surface area (Å²) in [5.74, 6) is 0.312. The van der Waals surface area contributed by atoms with Gasteiger partial charge in [-0.05, 0) is 31.4 Å². The Kier molecular flexibility index (Phi) is 8.18. The van der Waals surface area contributed by atoms with E-state index in [0.717, 1.165) is 11.3 Å². The third-order valence-corrected chi connectivity index (χ3v) is 7.34. The molecule has 0 aromatic carbocycles. The summed E-state index contributed by atoms with van der Waals surface area (Å²) in [6.45, 7) is 5.74. The Labute approximate surface area is 193 Å². The summed E-state index contributed by atoms with van der Waals surface area (Å²) >= 11 is 2.29. The summed E-state index contributed by atoms with van der Waals surface area (Å²) in [4.78, 5) is 36.0. The van der Waals surface area contributed by atoms with Crippen LogP contribution in [0.25, 0.3) is 10.3 Å². The first-order valence-electron chi connectivity index (χ1n) is 9.92. The van der Waals surface area contributed by atoms with E-state index >= 15 is 0 Å². The van der Waals surface area contributed by atoms with Crippen LogP contribution in [0.15, 0.2) is 23.5 Å². The number of rotatable bonds is 10. The fourth-order valence-electron chi connectivity index (χ4n) is 3.09. The van der Waals surface area contributed by atoms with Crippen LogP contribution >= 0.6 is 30.7 Å². The molecular weight excluding hydrogens is 476 g/mol. The molecule has 0 aliphatic heterocycles. The second kappa shape index (κ2) is 10.5. The normalized spacial score (nSPS) is 14.1. The number of thiazole rings is 1. The highest BCUT2D eigenvalue weighted by Gasteiger charge is 2.23. The van der Waals surface area contributed by atoms with E-state index in [1.165, 1.54) is 30.1 Å². The van der Waals surface area contributed by atoms with Crippen LogP contribution in [0.1, 0.15) is 43.1 Å². The van der Waals surface area contributed by atoms with Crippen molar-refractivity contribution in [3.63, 3.8) is 0 Å². The molecule has 3 aromatic rings. The fraction of sp³-hybridized carbons (Fsp3) is 0.474. The SMILES string of the molecule is CC(C)CC(CO)Nc1nc(SC(C)c2ncccc2F)nc2nc(CP(=O)(O)O)sc12. The Hall–Kier alpha value is -1.69. The van der Waals surface area contributed by atoms with Crippen molar-refractivity contribution in [1.29, 1.82) is 0 Å². The molecule has 3 rings (SSSR count). The molecule has 3 aromatic heterocycles. The van der Waals surface area contributed by atoms with Gasteiger partial charge in [-0.1, -0.05) is 25.6 Å². The molecule has 0 spiro atoms. The molecule has 0 fully saturated rings. The van der Waals surface area contributed by atoms with Gasteiger partial charge < -0.3 is 20.2 Å². The minimum atomic E-state index is -4.31. The quantitative estimate of drug-likeness (QED) is 0.183. The van der Waals surface area contributed by atoms with Crippen molar-refractivity contribution in [3.8, 4) is 0 Å². The molecule has 0 saturated carbocycles. The Morgan fingerprint density at radius 3 is 2.62 bits per heavy atom. The Morgan fingerprint density at radius 1 is 1.25 bits per heavy atom. The van der Waals surface area contributed by atoms with Gasteiger partial charge in [0.25, 0.3) is 0 Å².